The summed E-state index contributed by atoms with van der Waals surface area (Å²) in [6, 6.07) is 4.46. The van der Waals surface area contributed by atoms with Gasteiger partial charge in [0.2, 0.25) is 0 Å². The fraction of sp³-hybridized carbons (Fsp3) is 0. The van der Waals surface area contributed by atoms with Gasteiger partial charge in [-0.05, 0) is 12.1 Å². The van der Waals surface area contributed by atoms with Crippen molar-refractivity contribution in [1.82, 2.24) is 5.16 Å². The first kappa shape index (κ1) is 8.68. The molecular formula is C9H6F2N2O. The van der Waals surface area contributed by atoms with Gasteiger partial charge in [-0.25, -0.2) is 8.78 Å². The fourth-order valence-corrected chi connectivity index (χ4v) is 1.12. The van der Waals surface area contributed by atoms with Crippen LogP contribution in [0.5, 0.6) is 0 Å². The van der Waals surface area contributed by atoms with Gasteiger partial charge in [0.05, 0.1) is 0 Å². The Morgan fingerprint density at radius 3 is 2.21 bits per heavy atom. The van der Waals surface area contributed by atoms with Crippen LogP contribution in [0.2, 0.25) is 0 Å². The Morgan fingerprint density at radius 2 is 1.71 bits per heavy atom. The maximum atomic E-state index is 12.8. The van der Waals surface area contributed by atoms with E-state index in [1.807, 2.05) is 0 Å². The molecule has 0 aliphatic heterocycles. The van der Waals surface area contributed by atoms with E-state index in [1.54, 1.807) is 0 Å². The van der Waals surface area contributed by atoms with Gasteiger partial charge >= 0.3 is 0 Å². The minimum Gasteiger partial charge on any atom is -0.381 e. The molecule has 0 spiro atoms. The van der Waals surface area contributed by atoms with Gasteiger partial charge in [0, 0.05) is 17.7 Å². The van der Waals surface area contributed by atoms with Gasteiger partial charge in [0.15, 0.2) is 11.6 Å². The Balaban J connectivity index is 2.51. The van der Waals surface area contributed by atoms with Gasteiger partial charge in [-0.3, -0.25) is 0 Å². The summed E-state index contributed by atoms with van der Waals surface area (Å²) in [7, 11) is 0. The molecule has 5 heteroatoms. The summed E-state index contributed by atoms with van der Waals surface area (Å²) in [5.41, 5.74) is 5.57. The highest BCUT2D eigenvalue weighted by atomic mass is 19.1. The van der Waals surface area contributed by atoms with Crippen LogP contribution in [0.4, 0.5) is 14.6 Å². The van der Waals surface area contributed by atoms with E-state index in [1.165, 1.54) is 6.07 Å². The Bertz CT molecular complexity index is 447. The molecule has 2 aromatic rings. The second-order valence-electron chi connectivity index (χ2n) is 2.77. The first-order chi connectivity index (χ1) is 6.65. The zero-order valence-electron chi connectivity index (χ0n) is 7.00. The zero-order chi connectivity index (χ0) is 10.1. The second-order valence-corrected chi connectivity index (χ2v) is 2.77. The quantitative estimate of drug-likeness (QED) is 0.760. The van der Waals surface area contributed by atoms with Crippen LogP contribution >= 0.6 is 0 Å². The summed E-state index contributed by atoms with van der Waals surface area (Å²) in [5.74, 6) is -0.935. The number of nitrogens with zero attached hydrogens (tertiary/aromatic N) is 1. The van der Waals surface area contributed by atoms with Crippen molar-refractivity contribution in [2.24, 2.45) is 0 Å². The lowest BCUT2D eigenvalue weighted by molar-refractivity contribution is 0.435. The lowest BCUT2D eigenvalue weighted by atomic mass is 10.1. The molecule has 0 unspecified atom stereocenters. The van der Waals surface area contributed by atoms with E-state index in [0.29, 0.717) is 0 Å². The summed E-state index contributed by atoms with van der Waals surface area (Å²) in [5, 5.41) is 3.41. The summed E-state index contributed by atoms with van der Waals surface area (Å²) in [6.07, 6.45) is 0. The zero-order valence-corrected chi connectivity index (χ0v) is 7.00. The number of nitrogen functional groups attached to an aromatic ring is 1. The number of anilines is 1. The topological polar surface area (TPSA) is 52.0 Å². The van der Waals surface area contributed by atoms with E-state index in [-0.39, 0.29) is 17.1 Å². The number of hydrogen-bond acceptors (Lipinski definition) is 3. The Morgan fingerprint density at radius 1 is 1.07 bits per heavy atom. The summed E-state index contributed by atoms with van der Waals surface area (Å²) in [4.78, 5) is 0. The molecule has 0 atom stereocenters. The summed E-state index contributed by atoms with van der Waals surface area (Å²) >= 11 is 0. The van der Waals surface area contributed by atoms with Crippen LogP contribution in [0.15, 0.2) is 28.8 Å². The normalized spacial score (nSPS) is 10.4. The number of halogens is 2. The van der Waals surface area contributed by atoms with Crippen LogP contribution in [0, 0.1) is 11.6 Å². The van der Waals surface area contributed by atoms with Crippen molar-refractivity contribution < 1.29 is 13.3 Å². The molecule has 1 aromatic heterocycles. The molecule has 0 aliphatic rings. The minimum absolute atomic E-state index is 0.171. The van der Waals surface area contributed by atoms with Crippen LogP contribution in [0.3, 0.4) is 0 Å². The van der Waals surface area contributed by atoms with E-state index < -0.39 is 11.6 Å². The van der Waals surface area contributed by atoms with Crippen molar-refractivity contribution in [2.45, 2.75) is 0 Å². The number of rotatable bonds is 1. The Labute approximate surface area is 78.1 Å². The monoisotopic (exact) mass is 196 g/mol. The van der Waals surface area contributed by atoms with Crippen LogP contribution in [-0.2, 0) is 0 Å². The number of hydrogen-bond donors (Lipinski definition) is 1. The fourth-order valence-electron chi connectivity index (χ4n) is 1.12. The highest BCUT2D eigenvalue weighted by Gasteiger charge is 2.07. The molecule has 1 aromatic carbocycles. The molecule has 0 amide bonds. The Kier molecular flexibility index (Phi) is 1.92. The molecule has 14 heavy (non-hydrogen) atoms. The van der Waals surface area contributed by atoms with Crippen LogP contribution < -0.4 is 5.73 Å². The molecule has 0 aliphatic carbocycles. The molecule has 0 saturated carbocycles. The molecule has 72 valence electrons. The van der Waals surface area contributed by atoms with E-state index in [4.69, 9.17) is 10.3 Å². The molecular weight excluding hydrogens is 190 g/mol. The number of aromatic nitrogens is 1. The summed E-state index contributed by atoms with van der Waals surface area (Å²) < 4.78 is 30.3. The Hall–Kier alpha value is -1.91. The van der Waals surface area contributed by atoms with Gasteiger partial charge in [-0.1, -0.05) is 5.16 Å². The van der Waals surface area contributed by atoms with E-state index in [0.717, 1.165) is 18.2 Å². The highest BCUT2D eigenvalue weighted by molar-refractivity contribution is 5.59. The van der Waals surface area contributed by atoms with Gasteiger partial charge in [-0.2, -0.15) is 0 Å². The van der Waals surface area contributed by atoms with Crippen molar-refractivity contribution in [1.29, 1.82) is 0 Å². The molecule has 0 bridgehead atoms. The van der Waals surface area contributed by atoms with Crippen molar-refractivity contribution in [3.8, 4) is 11.3 Å². The molecule has 0 radical (unpaired) electrons. The lowest BCUT2D eigenvalue weighted by Crippen LogP contribution is -1.82. The first-order valence-corrected chi connectivity index (χ1v) is 3.84. The van der Waals surface area contributed by atoms with Crippen molar-refractivity contribution in [2.75, 3.05) is 5.73 Å². The standard InChI is InChI=1S/C9H6F2N2O/c10-6-1-5(2-7(11)3-6)8-4-9(12)13-14-8/h1-4H,(H2,12,13). The molecule has 0 saturated heterocycles. The van der Waals surface area contributed by atoms with Gasteiger partial charge in [0.1, 0.15) is 11.6 Å². The third-order valence-electron chi connectivity index (χ3n) is 1.68. The minimum atomic E-state index is -0.671. The highest BCUT2D eigenvalue weighted by Crippen LogP contribution is 2.22. The molecule has 3 nitrogen and oxygen atoms in total. The molecule has 2 N–H and O–H groups in total. The lowest BCUT2D eigenvalue weighted by Gasteiger charge is -1.95. The van der Waals surface area contributed by atoms with Crippen molar-refractivity contribution in [3.63, 3.8) is 0 Å². The molecule has 1 heterocycles. The second kappa shape index (κ2) is 3.10. The predicted molar refractivity (Wildman–Crippen MR) is 46.3 cm³/mol. The molecule has 0 fully saturated rings. The third kappa shape index (κ3) is 1.56. The van der Waals surface area contributed by atoms with Gasteiger partial charge in [0.25, 0.3) is 0 Å². The third-order valence-corrected chi connectivity index (χ3v) is 1.68. The largest absolute Gasteiger partial charge is 0.381 e. The van der Waals surface area contributed by atoms with E-state index >= 15 is 0 Å². The van der Waals surface area contributed by atoms with Gasteiger partial charge in [-0.15, -0.1) is 0 Å². The van der Waals surface area contributed by atoms with Gasteiger partial charge < -0.3 is 10.3 Å². The smallest absolute Gasteiger partial charge is 0.169 e. The summed E-state index contributed by atoms with van der Waals surface area (Å²) in [6.45, 7) is 0. The van der Waals surface area contributed by atoms with Crippen LogP contribution in [0.25, 0.3) is 11.3 Å². The van der Waals surface area contributed by atoms with E-state index in [9.17, 15) is 8.78 Å². The number of nitrogens with two attached hydrogens (primary N) is 1. The first-order valence-electron chi connectivity index (χ1n) is 3.84. The maximum Gasteiger partial charge on any atom is 0.169 e. The average molecular weight is 196 g/mol. The van der Waals surface area contributed by atoms with Crippen LogP contribution in [0.1, 0.15) is 0 Å². The average Bonchev–Trinajstić information content (AvgIpc) is 2.50. The van der Waals surface area contributed by atoms with Crippen LogP contribution in [-0.4, -0.2) is 5.16 Å². The number of benzene rings is 1. The van der Waals surface area contributed by atoms with Crippen molar-refractivity contribution in [3.05, 3.63) is 35.9 Å². The van der Waals surface area contributed by atoms with Crippen molar-refractivity contribution >= 4 is 5.82 Å². The molecule has 2 rings (SSSR count). The maximum absolute atomic E-state index is 12.8. The SMILES string of the molecule is Nc1cc(-c2cc(F)cc(F)c2)on1. The van der Waals surface area contributed by atoms with E-state index in [2.05, 4.69) is 5.16 Å². The predicted octanol–water partition coefficient (Wildman–Crippen LogP) is 2.20.